The van der Waals surface area contributed by atoms with Crippen molar-refractivity contribution >= 4 is 40.8 Å². The van der Waals surface area contributed by atoms with Gasteiger partial charge in [-0.2, -0.15) is 0 Å². The second-order valence-electron chi connectivity index (χ2n) is 9.82. The Balaban J connectivity index is 1.70. The Hall–Kier alpha value is -4.05. The summed E-state index contributed by atoms with van der Waals surface area (Å²) in [5.41, 5.74) is 0.291. The molecule has 0 unspecified atom stereocenters. The van der Waals surface area contributed by atoms with E-state index in [4.69, 9.17) is 25.6 Å². The molecule has 10 nitrogen and oxygen atoms in total. The second-order valence-corrected chi connectivity index (χ2v) is 10.2. The smallest absolute Gasteiger partial charge is 0.248 e. The van der Waals surface area contributed by atoms with E-state index in [2.05, 4.69) is 15.8 Å². The Morgan fingerprint density at radius 1 is 1.08 bits per heavy atom. The van der Waals surface area contributed by atoms with Crippen LogP contribution in [0.3, 0.4) is 0 Å². The molecule has 0 aliphatic carbocycles. The number of aryl methyl sites for hydroxylation is 1. The summed E-state index contributed by atoms with van der Waals surface area (Å²) < 4.78 is 15.9. The molecule has 4 rings (SSSR count). The first-order chi connectivity index (χ1) is 18.6. The van der Waals surface area contributed by atoms with Crippen LogP contribution in [0.4, 0.5) is 11.5 Å². The SMILES string of the molecule is CCC(C)(C)NC(=O)[C@@H](c1ccccc1Cl)N(C(=O)CCC(=O)Nc1cc(C)on1)c1ccc2c(c1)OCO2. The third-order valence-electron chi connectivity index (χ3n) is 6.42. The van der Waals surface area contributed by atoms with Gasteiger partial charge < -0.3 is 24.6 Å². The number of hydrogen-bond acceptors (Lipinski definition) is 7. The molecular formula is C28H31ClN4O6. The van der Waals surface area contributed by atoms with Crippen molar-refractivity contribution in [3.05, 3.63) is 64.9 Å². The summed E-state index contributed by atoms with van der Waals surface area (Å²) in [6.07, 6.45) is 0.319. The number of hydrogen-bond donors (Lipinski definition) is 2. The van der Waals surface area contributed by atoms with Gasteiger partial charge in [0.05, 0.1) is 0 Å². The predicted octanol–water partition coefficient (Wildman–Crippen LogP) is 5.16. The summed E-state index contributed by atoms with van der Waals surface area (Å²) in [5, 5.41) is 9.72. The molecule has 1 aromatic heterocycles. The van der Waals surface area contributed by atoms with Gasteiger partial charge in [0.25, 0.3) is 0 Å². The van der Waals surface area contributed by atoms with Gasteiger partial charge in [-0.25, -0.2) is 0 Å². The number of aromatic nitrogens is 1. The zero-order valence-corrected chi connectivity index (χ0v) is 23.0. The van der Waals surface area contributed by atoms with Crippen LogP contribution < -0.4 is 25.0 Å². The fourth-order valence-corrected chi connectivity index (χ4v) is 4.27. The molecule has 1 aliphatic rings. The minimum atomic E-state index is -1.13. The summed E-state index contributed by atoms with van der Waals surface area (Å²) in [5.74, 6) is 0.467. The fraction of sp³-hybridized carbons (Fsp3) is 0.357. The topological polar surface area (TPSA) is 123 Å². The molecule has 0 spiro atoms. The standard InChI is InChI=1S/C28H31ClN4O6/c1-5-28(3,4)31-27(36)26(19-8-6-7-9-20(19)29)33(18-10-11-21-22(15-18)38-16-37-21)25(35)13-12-24(34)30-23-14-17(2)39-32-23/h6-11,14-15,26H,5,12-13,16H2,1-4H3,(H,31,36)(H,30,32,34)/t26-/m1/s1. The molecular weight excluding hydrogens is 524 g/mol. The summed E-state index contributed by atoms with van der Waals surface area (Å²) in [4.78, 5) is 41.7. The third-order valence-corrected chi connectivity index (χ3v) is 6.76. The van der Waals surface area contributed by atoms with Crippen molar-refractivity contribution in [3.63, 3.8) is 0 Å². The van der Waals surface area contributed by atoms with Gasteiger partial charge >= 0.3 is 0 Å². The van der Waals surface area contributed by atoms with Crippen LogP contribution in [0.5, 0.6) is 11.5 Å². The van der Waals surface area contributed by atoms with E-state index in [9.17, 15) is 14.4 Å². The number of carbonyl (C=O) groups excluding carboxylic acids is 3. The molecule has 0 fully saturated rings. The van der Waals surface area contributed by atoms with Crippen molar-refractivity contribution in [2.45, 2.75) is 58.5 Å². The van der Waals surface area contributed by atoms with Crippen LogP contribution in [-0.4, -0.2) is 35.2 Å². The van der Waals surface area contributed by atoms with Crippen molar-refractivity contribution in [1.29, 1.82) is 0 Å². The van der Waals surface area contributed by atoms with E-state index < -0.39 is 29.3 Å². The molecule has 2 N–H and O–H groups in total. The zero-order chi connectivity index (χ0) is 28.2. The molecule has 0 bridgehead atoms. The number of fused-ring (bicyclic) bond motifs is 1. The average Bonchev–Trinajstić information content (AvgIpc) is 3.54. The molecule has 2 aromatic carbocycles. The second kappa shape index (κ2) is 11.8. The number of benzene rings is 2. The van der Waals surface area contributed by atoms with Crippen molar-refractivity contribution in [1.82, 2.24) is 10.5 Å². The van der Waals surface area contributed by atoms with Crippen LogP contribution in [0.1, 0.15) is 57.4 Å². The number of rotatable bonds is 10. The fourth-order valence-electron chi connectivity index (χ4n) is 4.03. The Kier molecular flexibility index (Phi) is 8.44. The molecule has 3 aromatic rings. The Morgan fingerprint density at radius 2 is 1.82 bits per heavy atom. The summed E-state index contributed by atoms with van der Waals surface area (Å²) in [6, 6.07) is 12.3. The molecule has 0 saturated heterocycles. The largest absolute Gasteiger partial charge is 0.454 e. The van der Waals surface area contributed by atoms with Gasteiger partial charge in [0.2, 0.25) is 24.5 Å². The first kappa shape index (κ1) is 28.0. The van der Waals surface area contributed by atoms with E-state index in [1.807, 2.05) is 20.8 Å². The van der Waals surface area contributed by atoms with Gasteiger partial charge in [-0.1, -0.05) is 41.9 Å². The maximum atomic E-state index is 13.9. The highest BCUT2D eigenvalue weighted by molar-refractivity contribution is 6.31. The number of amides is 3. The lowest BCUT2D eigenvalue weighted by Gasteiger charge is -2.35. The Bertz CT molecular complexity index is 1370. The normalized spacial score (nSPS) is 13.1. The van der Waals surface area contributed by atoms with Crippen LogP contribution in [0.2, 0.25) is 5.02 Å². The van der Waals surface area contributed by atoms with E-state index >= 15 is 0 Å². The number of anilines is 2. The average molecular weight is 555 g/mol. The van der Waals surface area contributed by atoms with Gasteiger partial charge in [-0.05, 0) is 45.4 Å². The van der Waals surface area contributed by atoms with Crippen LogP contribution in [-0.2, 0) is 14.4 Å². The zero-order valence-electron chi connectivity index (χ0n) is 22.2. The number of nitrogens with one attached hydrogen (secondary N) is 2. The van der Waals surface area contributed by atoms with E-state index in [1.54, 1.807) is 55.5 Å². The molecule has 0 saturated carbocycles. The number of nitrogens with zero attached hydrogens (tertiary/aromatic N) is 2. The van der Waals surface area contributed by atoms with Gasteiger partial charge in [-0.3, -0.25) is 19.3 Å². The van der Waals surface area contributed by atoms with Gasteiger partial charge in [0.1, 0.15) is 11.8 Å². The predicted molar refractivity (Wildman–Crippen MR) is 146 cm³/mol. The molecule has 1 aliphatic heterocycles. The quantitative estimate of drug-likeness (QED) is 0.354. The lowest BCUT2D eigenvalue weighted by molar-refractivity contribution is -0.128. The van der Waals surface area contributed by atoms with Gasteiger partial charge in [0.15, 0.2) is 17.3 Å². The highest BCUT2D eigenvalue weighted by Gasteiger charge is 2.36. The summed E-state index contributed by atoms with van der Waals surface area (Å²) in [7, 11) is 0. The van der Waals surface area contributed by atoms with Crippen LogP contribution in [0.15, 0.2) is 53.1 Å². The highest BCUT2D eigenvalue weighted by atomic mass is 35.5. The Morgan fingerprint density at radius 3 is 2.51 bits per heavy atom. The van der Waals surface area contributed by atoms with Crippen LogP contribution in [0, 0.1) is 6.92 Å². The number of ether oxygens (including phenoxy) is 2. The molecule has 1 atom stereocenters. The van der Waals surface area contributed by atoms with Crippen molar-refractivity contribution < 1.29 is 28.4 Å². The van der Waals surface area contributed by atoms with Crippen molar-refractivity contribution in [2.75, 3.05) is 17.0 Å². The molecule has 0 radical (unpaired) electrons. The van der Waals surface area contributed by atoms with Gasteiger partial charge in [0, 0.05) is 46.8 Å². The van der Waals surface area contributed by atoms with E-state index in [-0.39, 0.29) is 25.5 Å². The summed E-state index contributed by atoms with van der Waals surface area (Å²) in [6.45, 7) is 7.51. The molecule has 3 amide bonds. The summed E-state index contributed by atoms with van der Waals surface area (Å²) >= 11 is 6.58. The molecule has 2 heterocycles. The Labute approximate surface area is 231 Å². The maximum Gasteiger partial charge on any atom is 0.248 e. The molecule has 206 valence electrons. The van der Waals surface area contributed by atoms with Crippen molar-refractivity contribution in [2.24, 2.45) is 0 Å². The maximum absolute atomic E-state index is 13.9. The number of halogens is 1. The lowest BCUT2D eigenvalue weighted by atomic mass is 9.97. The monoisotopic (exact) mass is 554 g/mol. The van der Waals surface area contributed by atoms with E-state index in [0.717, 1.165) is 0 Å². The lowest BCUT2D eigenvalue weighted by Crippen LogP contribution is -2.50. The minimum absolute atomic E-state index is 0.0492. The highest BCUT2D eigenvalue weighted by Crippen LogP contribution is 2.39. The van der Waals surface area contributed by atoms with Gasteiger partial charge in [-0.15, -0.1) is 0 Å². The van der Waals surface area contributed by atoms with E-state index in [0.29, 0.717) is 40.0 Å². The first-order valence-corrected chi connectivity index (χ1v) is 13.0. The minimum Gasteiger partial charge on any atom is -0.454 e. The third kappa shape index (κ3) is 6.69. The molecule has 39 heavy (non-hydrogen) atoms. The first-order valence-electron chi connectivity index (χ1n) is 12.6. The van der Waals surface area contributed by atoms with Crippen LogP contribution >= 0.6 is 11.6 Å². The van der Waals surface area contributed by atoms with E-state index in [1.165, 1.54) is 4.90 Å². The number of carbonyl (C=O) groups is 3. The van der Waals surface area contributed by atoms with Crippen LogP contribution in [0.25, 0.3) is 0 Å². The molecule has 11 heteroatoms. The van der Waals surface area contributed by atoms with Crippen molar-refractivity contribution in [3.8, 4) is 11.5 Å².